The van der Waals surface area contributed by atoms with Gasteiger partial charge in [0.1, 0.15) is 12.2 Å². The van der Waals surface area contributed by atoms with Gasteiger partial charge in [0.25, 0.3) is 0 Å². The lowest BCUT2D eigenvalue weighted by atomic mass is 10.2. The van der Waals surface area contributed by atoms with E-state index in [1.54, 1.807) is 30.3 Å². The first kappa shape index (κ1) is 19.1. The van der Waals surface area contributed by atoms with Gasteiger partial charge >= 0.3 is 0 Å². The normalized spacial score (nSPS) is 10.3. The Kier molecular flexibility index (Phi) is 6.28. The minimum atomic E-state index is -0.462. The van der Waals surface area contributed by atoms with Crippen molar-refractivity contribution in [3.8, 4) is 5.75 Å². The highest BCUT2D eigenvalue weighted by molar-refractivity contribution is 6.32. The van der Waals surface area contributed by atoms with Crippen molar-refractivity contribution in [2.75, 3.05) is 17.7 Å². The maximum absolute atomic E-state index is 12.1. The molecule has 0 heterocycles. The molecule has 0 aliphatic carbocycles. The van der Waals surface area contributed by atoms with Crippen LogP contribution in [0.2, 0.25) is 10.0 Å². The number of aryl methyl sites for hydroxylation is 2. The number of amides is 2. The molecule has 0 aliphatic rings. The number of ether oxygens (including phenoxy) is 1. The molecule has 2 aromatic carbocycles. The number of carbonyl (C=O) groups excluding carboxylic acids is 2. The van der Waals surface area contributed by atoms with E-state index >= 15 is 0 Å². The fraction of sp³-hybridized carbons (Fsp3) is 0.222. The molecule has 2 rings (SSSR count). The van der Waals surface area contributed by atoms with Crippen molar-refractivity contribution in [1.29, 1.82) is 0 Å². The Morgan fingerprint density at radius 3 is 2.24 bits per heavy atom. The summed E-state index contributed by atoms with van der Waals surface area (Å²) in [5, 5.41) is 6.37. The zero-order valence-corrected chi connectivity index (χ0v) is 15.6. The Balaban J connectivity index is 2.01. The third kappa shape index (κ3) is 5.11. The number of anilines is 2. The van der Waals surface area contributed by atoms with E-state index in [0.29, 0.717) is 27.2 Å². The molecule has 5 nitrogen and oxygen atoms in total. The van der Waals surface area contributed by atoms with E-state index in [1.165, 1.54) is 7.11 Å². The second kappa shape index (κ2) is 8.23. The van der Waals surface area contributed by atoms with Gasteiger partial charge in [-0.2, -0.15) is 0 Å². The van der Waals surface area contributed by atoms with Gasteiger partial charge in [-0.1, -0.05) is 29.3 Å². The van der Waals surface area contributed by atoms with Gasteiger partial charge in [0, 0.05) is 21.8 Å². The van der Waals surface area contributed by atoms with Crippen LogP contribution in [0.5, 0.6) is 5.75 Å². The first-order chi connectivity index (χ1) is 11.8. The van der Waals surface area contributed by atoms with Gasteiger partial charge in [0.05, 0.1) is 12.8 Å². The van der Waals surface area contributed by atoms with E-state index in [9.17, 15) is 9.59 Å². The summed E-state index contributed by atoms with van der Waals surface area (Å²) in [5.74, 6) is -0.479. The second-order valence-corrected chi connectivity index (χ2v) is 6.35. The average molecular weight is 381 g/mol. The number of methoxy groups -OCH3 is 1. The molecule has 0 bridgehead atoms. The molecule has 0 aromatic heterocycles. The smallest absolute Gasteiger partial charge is 0.233 e. The van der Waals surface area contributed by atoms with Crippen LogP contribution in [-0.4, -0.2) is 18.9 Å². The van der Waals surface area contributed by atoms with E-state index in [1.807, 2.05) is 13.8 Å². The number of nitrogens with one attached hydrogen (secondary N) is 2. The highest BCUT2D eigenvalue weighted by Crippen LogP contribution is 2.31. The zero-order valence-electron chi connectivity index (χ0n) is 14.1. The highest BCUT2D eigenvalue weighted by Gasteiger charge is 2.14. The first-order valence-electron chi connectivity index (χ1n) is 7.50. The van der Waals surface area contributed by atoms with Gasteiger partial charge in [-0.25, -0.2) is 0 Å². The molecule has 25 heavy (non-hydrogen) atoms. The van der Waals surface area contributed by atoms with Crippen LogP contribution in [0.4, 0.5) is 11.4 Å². The van der Waals surface area contributed by atoms with Gasteiger partial charge in [-0.3, -0.25) is 9.59 Å². The van der Waals surface area contributed by atoms with Crippen LogP contribution in [-0.2, 0) is 9.59 Å². The predicted octanol–water partition coefficient (Wildman–Crippen LogP) is 4.59. The summed E-state index contributed by atoms with van der Waals surface area (Å²) in [4.78, 5) is 24.1. The largest absolute Gasteiger partial charge is 0.495 e. The molecular weight excluding hydrogens is 363 g/mol. The molecule has 132 valence electrons. The monoisotopic (exact) mass is 380 g/mol. The van der Waals surface area contributed by atoms with E-state index in [4.69, 9.17) is 27.9 Å². The molecule has 2 N–H and O–H groups in total. The molecule has 0 saturated heterocycles. The summed E-state index contributed by atoms with van der Waals surface area (Å²) >= 11 is 12.0. The summed E-state index contributed by atoms with van der Waals surface area (Å²) in [6.07, 6.45) is -0.337. The third-order valence-corrected chi connectivity index (χ3v) is 4.35. The van der Waals surface area contributed by atoms with Gasteiger partial charge in [-0.05, 0) is 43.2 Å². The summed E-state index contributed by atoms with van der Waals surface area (Å²) < 4.78 is 5.19. The Morgan fingerprint density at radius 1 is 0.960 bits per heavy atom. The standard InChI is InChI=1S/C18H18Cl2N2O3/c1-10-4-5-12(7-13(10)19)21-17(23)9-18(24)22-15-6-11(2)14(20)8-16(15)25-3/h4-8H,9H2,1-3H3,(H,21,23)(H,22,24). The number of hydrogen-bond donors (Lipinski definition) is 2. The molecule has 0 unspecified atom stereocenters. The predicted molar refractivity (Wildman–Crippen MR) is 101 cm³/mol. The Labute approximate surface area is 156 Å². The van der Waals surface area contributed by atoms with Crippen LogP contribution in [0, 0.1) is 13.8 Å². The van der Waals surface area contributed by atoms with Gasteiger partial charge < -0.3 is 15.4 Å². The van der Waals surface area contributed by atoms with Gasteiger partial charge in [0.15, 0.2) is 0 Å². The summed E-state index contributed by atoms with van der Waals surface area (Å²) in [6.45, 7) is 3.67. The van der Waals surface area contributed by atoms with Crippen LogP contribution in [0.15, 0.2) is 30.3 Å². The summed E-state index contributed by atoms with van der Waals surface area (Å²) in [7, 11) is 1.48. The SMILES string of the molecule is COc1cc(Cl)c(C)cc1NC(=O)CC(=O)Nc1ccc(C)c(Cl)c1. The molecule has 0 aliphatic heterocycles. The fourth-order valence-corrected chi connectivity index (χ4v) is 2.48. The minimum absolute atomic E-state index is 0.337. The molecule has 2 amide bonds. The Morgan fingerprint density at radius 2 is 1.60 bits per heavy atom. The molecule has 0 atom stereocenters. The molecule has 0 fully saturated rings. The van der Waals surface area contributed by atoms with Crippen molar-refractivity contribution in [3.05, 3.63) is 51.5 Å². The topological polar surface area (TPSA) is 67.4 Å². The van der Waals surface area contributed by atoms with Gasteiger partial charge in [0.2, 0.25) is 11.8 Å². The third-order valence-electron chi connectivity index (χ3n) is 3.53. The summed E-state index contributed by atoms with van der Waals surface area (Å²) in [5.41, 5.74) is 2.69. The van der Waals surface area contributed by atoms with E-state index in [-0.39, 0.29) is 6.42 Å². The van der Waals surface area contributed by atoms with Crippen molar-refractivity contribution in [3.63, 3.8) is 0 Å². The second-order valence-electron chi connectivity index (χ2n) is 5.54. The first-order valence-corrected chi connectivity index (χ1v) is 8.25. The van der Waals surface area contributed by atoms with Crippen LogP contribution < -0.4 is 15.4 Å². The highest BCUT2D eigenvalue weighted by atomic mass is 35.5. The molecule has 7 heteroatoms. The van der Waals surface area contributed by atoms with Crippen molar-refractivity contribution in [1.82, 2.24) is 0 Å². The van der Waals surface area contributed by atoms with Crippen molar-refractivity contribution < 1.29 is 14.3 Å². The quantitative estimate of drug-likeness (QED) is 0.745. The number of hydrogen-bond acceptors (Lipinski definition) is 3. The minimum Gasteiger partial charge on any atom is -0.495 e. The molecule has 0 spiro atoms. The molecular formula is C18H18Cl2N2O3. The van der Waals surface area contributed by atoms with Crippen molar-refractivity contribution >= 4 is 46.4 Å². The summed E-state index contributed by atoms with van der Waals surface area (Å²) in [6, 6.07) is 8.46. The van der Waals surface area contributed by atoms with Crippen LogP contribution >= 0.6 is 23.2 Å². The number of rotatable bonds is 5. The average Bonchev–Trinajstić information content (AvgIpc) is 2.54. The van der Waals surface area contributed by atoms with Crippen molar-refractivity contribution in [2.24, 2.45) is 0 Å². The van der Waals surface area contributed by atoms with Crippen LogP contribution in [0.3, 0.4) is 0 Å². The van der Waals surface area contributed by atoms with Crippen molar-refractivity contribution in [2.45, 2.75) is 20.3 Å². The van der Waals surface area contributed by atoms with Crippen LogP contribution in [0.1, 0.15) is 17.5 Å². The number of carbonyl (C=O) groups is 2. The zero-order chi connectivity index (χ0) is 18.6. The lowest BCUT2D eigenvalue weighted by Gasteiger charge is -2.12. The van der Waals surface area contributed by atoms with Crippen LogP contribution in [0.25, 0.3) is 0 Å². The lowest BCUT2D eigenvalue weighted by molar-refractivity contribution is -0.123. The Bertz CT molecular complexity index is 822. The Hall–Kier alpha value is -2.24. The van der Waals surface area contributed by atoms with E-state index in [2.05, 4.69) is 10.6 Å². The maximum atomic E-state index is 12.1. The lowest BCUT2D eigenvalue weighted by Crippen LogP contribution is -2.21. The van der Waals surface area contributed by atoms with E-state index < -0.39 is 11.8 Å². The van der Waals surface area contributed by atoms with Gasteiger partial charge in [-0.15, -0.1) is 0 Å². The number of benzene rings is 2. The van der Waals surface area contributed by atoms with E-state index in [0.717, 1.165) is 11.1 Å². The molecule has 0 saturated carbocycles. The fourth-order valence-electron chi connectivity index (χ4n) is 2.15. The molecule has 0 radical (unpaired) electrons. The number of halogens is 2. The molecule has 2 aromatic rings. The maximum Gasteiger partial charge on any atom is 0.233 e.